The van der Waals surface area contributed by atoms with Gasteiger partial charge in [0.15, 0.2) is 0 Å². The summed E-state index contributed by atoms with van der Waals surface area (Å²) in [5, 5.41) is 1.87. The summed E-state index contributed by atoms with van der Waals surface area (Å²) in [7, 11) is 2.90. The maximum Gasteiger partial charge on any atom is 0.341 e. The fourth-order valence-electron chi connectivity index (χ4n) is 2.03. The fourth-order valence-corrected chi connectivity index (χ4v) is 2.03. The molecule has 0 aliphatic carbocycles. The number of hydrogen-bond acceptors (Lipinski definition) is 3. The Morgan fingerprint density at radius 2 is 1.89 bits per heavy atom. The first-order chi connectivity index (χ1) is 8.72. The Morgan fingerprint density at radius 3 is 2.44 bits per heavy atom. The van der Waals surface area contributed by atoms with Crippen LogP contribution in [0.1, 0.15) is 15.9 Å². The van der Waals surface area contributed by atoms with Crippen molar-refractivity contribution < 1.29 is 14.3 Å². The molecule has 0 bridgehead atoms. The van der Waals surface area contributed by atoms with Gasteiger partial charge in [0.1, 0.15) is 11.3 Å². The standard InChI is InChI=1S/C15H14O3/c1-4-10-9-13(15(16)18-3)14(17-2)12-8-6-5-7-11(10)12/h4-9H,1H2,2-3H3. The van der Waals surface area contributed by atoms with Crippen molar-refractivity contribution >= 4 is 22.8 Å². The van der Waals surface area contributed by atoms with Gasteiger partial charge in [-0.1, -0.05) is 36.9 Å². The van der Waals surface area contributed by atoms with Crippen LogP contribution in [-0.2, 0) is 4.74 Å². The topological polar surface area (TPSA) is 35.5 Å². The molecule has 0 saturated carbocycles. The van der Waals surface area contributed by atoms with E-state index in [1.165, 1.54) is 7.11 Å². The Bertz CT molecular complexity index is 614. The predicted molar refractivity (Wildman–Crippen MR) is 71.9 cm³/mol. The minimum Gasteiger partial charge on any atom is -0.495 e. The van der Waals surface area contributed by atoms with E-state index in [1.807, 2.05) is 24.3 Å². The van der Waals surface area contributed by atoms with Crippen LogP contribution in [0, 0.1) is 0 Å². The van der Waals surface area contributed by atoms with Crippen LogP contribution in [0.15, 0.2) is 36.9 Å². The molecule has 0 saturated heterocycles. The second kappa shape index (κ2) is 4.92. The summed E-state index contributed by atoms with van der Waals surface area (Å²) in [6, 6.07) is 9.45. The van der Waals surface area contributed by atoms with Gasteiger partial charge in [0.2, 0.25) is 0 Å². The molecule has 0 aliphatic rings. The summed E-state index contributed by atoms with van der Waals surface area (Å²) >= 11 is 0. The molecule has 0 spiro atoms. The molecule has 0 atom stereocenters. The normalized spacial score (nSPS) is 10.1. The van der Waals surface area contributed by atoms with Gasteiger partial charge in [-0.3, -0.25) is 0 Å². The van der Waals surface area contributed by atoms with Crippen molar-refractivity contribution in [3.8, 4) is 5.75 Å². The molecule has 0 aromatic heterocycles. The molecule has 3 heteroatoms. The van der Waals surface area contributed by atoms with Gasteiger partial charge in [0.25, 0.3) is 0 Å². The smallest absolute Gasteiger partial charge is 0.341 e. The Balaban J connectivity index is 2.87. The minimum absolute atomic E-state index is 0.411. The molecule has 0 heterocycles. The van der Waals surface area contributed by atoms with E-state index in [0.717, 1.165) is 16.3 Å². The Labute approximate surface area is 106 Å². The highest BCUT2D eigenvalue weighted by Crippen LogP contribution is 2.33. The van der Waals surface area contributed by atoms with Gasteiger partial charge < -0.3 is 9.47 Å². The number of fused-ring (bicyclic) bond motifs is 1. The van der Waals surface area contributed by atoms with Gasteiger partial charge in [-0.25, -0.2) is 4.79 Å². The van der Waals surface area contributed by atoms with Crippen LogP contribution in [0.25, 0.3) is 16.8 Å². The second-order valence-electron chi connectivity index (χ2n) is 3.79. The lowest BCUT2D eigenvalue weighted by Gasteiger charge is -2.12. The molecule has 0 N–H and O–H groups in total. The molecule has 3 nitrogen and oxygen atoms in total. The van der Waals surface area contributed by atoms with Crippen LogP contribution < -0.4 is 4.74 Å². The number of ether oxygens (including phenoxy) is 2. The van der Waals surface area contributed by atoms with E-state index >= 15 is 0 Å². The lowest BCUT2D eigenvalue weighted by molar-refractivity contribution is 0.0597. The maximum absolute atomic E-state index is 11.8. The van der Waals surface area contributed by atoms with Crippen molar-refractivity contribution in [2.75, 3.05) is 14.2 Å². The highest BCUT2D eigenvalue weighted by atomic mass is 16.5. The van der Waals surface area contributed by atoms with Crippen LogP contribution >= 0.6 is 0 Å². The van der Waals surface area contributed by atoms with Crippen molar-refractivity contribution in [3.63, 3.8) is 0 Å². The monoisotopic (exact) mass is 242 g/mol. The largest absolute Gasteiger partial charge is 0.495 e. The highest BCUT2D eigenvalue weighted by Gasteiger charge is 2.17. The molecule has 0 fully saturated rings. The van der Waals surface area contributed by atoms with E-state index in [4.69, 9.17) is 9.47 Å². The highest BCUT2D eigenvalue weighted by molar-refractivity contribution is 6.04. The van der Waals surface area contributed by atoms with E-state index in [-0.39, 0.29) is 0 Å². The predicted octanol–water partition coefficient (Wildman–Crippen LogP) is 3.28. The molecule has 18 heavy (non-hydrogen) atoms. The van der Waals surface area contributed by atoms with E-state index in [1.54, 1.807) is 19.3 Å². The molecule has 0 aliphatic heterocycles. The van der Waals surface area contributed by atoms with Crippen molar-refractivity contribution in [3.05, 3.63) is 48.0 Å². The molecule has 2 aromatic rings. The molecular weight excluding hydrogens is 228 g/mol. The minimum atomic E-state index is -0.416. The van der Waals surface area contributed by atoms with E-state index < -0.39 is 5.97 Å². The van der Waals surface area contributed by atoms with Crippen molar-refractivity contribution in [2.45, 2.75) is 0 Å². The van der Waals surface area contributed by atoms with Gasteiger partial charge in [-0.2, -0.15) is 0 Å². The number of rotatable bonds is 3. The molecule has 0 radical (unpaired) electrons. The lowest BCUT2D eigenvalue weighted by Crippen LogP contribution is -2.05. The van der Waals surface area contributed by atoms with Gasteiger partial charge in [-0.05, 0) is 17.0 Å². The van der Waals surface area contributed by atoms with Gasteiger partial charge >= 0.3 is 5.97 Å². The third kappa shape index (κ3) is 1.84. The molecule has 0 amide bonds. The van der Waals surface area contributed by atoms with Crippen LogP contribution in [0.3, 0.4) is 0 Å². The van der Waals surface area contributed by atoms with Gasteiger partial charge in [0.05, 0.1) is 14.2 Å². The average Bonchev–Trinajstić information content (AvgIpc) is 2.44. The zero-order valence-corrected chi connectivity index (χ0v) is 10.4. The first-order valence-electron chi connectivity index (χ1n) is 5.53. The summed E-state index contributed by atoms with van der Waals surface area (Å²) in [4.78, 5) is 11.8. The Hall–Kier alpha value is -2.29. The summed E-state index contributed by atoms with van der Waals surface area (Å²) in [6.07, 6.45) is 1.72. The van der Waals surface area contributed by atoms with Crippen LogP contribution in [0.4, 0.5) is 0 Å². The quantitative estimate of drug-likeness (QED) is 0.775. The van der Waals surface area contributed by atoms with Crippen molar-refractivity contribution in [1.29, 1.82) is 0 Å². The molecule has 2 aromatic carbocycles. The summed E-state index contributed by atoms with van der Waals surface area (Å²) in [6.45, 7) is 3.77. The van der Waals surface area contributed by atoms with Crippen LogP contribution in [-0.4, -0.2) is 20.2 Å². The molecule has 0 unspecified atom stereocenters. The average molecular weight is 242 g/mol. The maximum atomic E-state index is 11.8. The lowest BCUT2D eigenvalue weighted by atomic mass is 9.99. The number of methoxy groups -OCH3 is 2. The van der Waals surface area contributed by atoms with Crippen LogP contribution in [0.2, 0.25) is 0 Å². The van der Waals surface area contributed by atoms with Crippen LogP contribution in [0.5, 0.6) is 5.75 Å². The van der Waals surface area contributed by atoms with E-state index in [9.17, 15) is 4.79 Å². The first kappa shape index (κ1) is 12.2. The molecule has 2 rings (SSSR count). The van der Waals surface area contributed by atoms with Gasteiger partial charge in [0, 0.05) is 5.39 Å². The molecule has 92 valence electrons. The SMILES string of the molecule is C=Cc1cc(C(=O)OC)c(OC)c2ccccc12. The number of hydrogen-bond donors (Lipinski definition) is 0. The zero-order valence-electron chi connectivity index (χ0n) is 10.4. The number of carbonyl (C=O) groups excluding carboxylic acids is 1. The number of esters is 1. The first-order valence-corrected chi connectivity index (χ1v) is 5.53. The van der Waals surface area contributed by atoms with E-state index in [0.29, 0.717) is 11.3 Å². The fraction of sp³-hybridized carbons (Fsp3) is 0.133. The summed E-state index contributed by atoms with van der Waals surface area (Å²) in [5.41, 5.74) is 1.29. The Morgan fingerprint density at radius 1 is 1.22 bits per heavy atom. The third-order valence-electron chi connectivity index (χ3n) is 2.86. The molecular formula is C15H14O3. The Kier molecular flexibility index (Phi) is 3.33. The van der Waals surface area contributed by atoms with E-state index in [2.05, 4.69) is 6.58 Å². The van der Waals surface area contributed by atoms with Crippen molar-refractivity contribution in [2.24, 2.45) is 0 Å². The summed E-state index contributed by atoms with van der Waals surface area (Å²) in [5.74, 6) is 0.115. The zero-order chi connectivity index (χ0) is 13.1. The van der Waals surface area contributed by atoms with Crippen molar-refractivity contribution in [1.82, 2.24) is 0 Å². The number of benzene rings is 2. The second-order valence-corrected chi connectivity index (χ2v) is 3.79. The third-order valence-corrected chi connectivity index (χ3v) is 2.86. The van der Waals surface area contributed by atoms with Gasteiger partial charge in [-0.15, -0.1) is 0 Å². The summed E-state index contributed by atoms with van der Waals surface area (Å²) < 4.78 is 10.1. The number of carbonyl (C=O) groups is 1.